The molecular formula is C28H48O2. The topological polar surface area (TPSA) is 40.5 Å². The molecule has 2 nitrogen and oxygen atoms in total. The van der Waals surface area contributed by atoms with Gasteiger partial charge in [0.05, 0.1) is 11.7 Å². The fourth-order valence-electron chi connectivity index (χ4n) is 9.31. The van der Waals surface area contributed by atoms with Crippen molar-refractivity contribution < 1.29 is 10.2 Å². The molecule has 0 aromatic rings. The second kappa shape index (κ2) is 8.22. The molecule has 3 unspecified atom stereocenters. The first-order chi connectivity index (χ1) is 14.2. The Labute approximate surface area is 185 Å². The fourth-order valence-corrected chi connectivity index (χ4v) is 9.31. The Morgan fingerprint density at radius 1 is 0.967 bits per heavy atom. The summed E-state index contributed by atoms with van der Waals surface area (Å²) in [6.07, 6.45) is 17.2. The zero-order valence-corrected chi connectivity index (χ0v) is 20.4. The molecule has 0 saturated heterocycles. The minimum atomic E-state index is -0.392. The van der Waals surface area contributed by atoms with Crippen LogP contribution in [0.1, 0.15) is 105 Å². The van der Waals surface area contributed by atoms with E-state index in [1.165, 1.54) is 44.9 Å². The third-order valence-electron chi connectivity index (χ3n) is 11.4. The molecule has 0 aromatic carbocycles. The number of aliphatic hydroxyl groups excluding tert-OH is 1. The summed E-state index contributed by atoms with van der Waals surface area (Å²) < 4.78 is 0. The summed E-state index contributed by atoms with van der Waals surface area (Å²) in [7, 11) is 0. The van der Waals surface area contributed by atoms with Crippen LogP contribution in [0, 0.1) is 46.3 Å². The molecule has 0 radical (unpaired) electrons. The second-order valence-electron chi connectivity index (χ2n) is 12.4. The van der Waals surface area contributed by atoms with Gasteiger partial charge in [-0.25, -0.2) is 0 Å². The van der Waals surface area contributed by atoms with Crippen LogP contribution in [-0.4, -0.2) is 21.9 Å². The fraction of sp³-hybridized carbons (Fsp3) is 0.929. The van der Waals surface area contributed by atoms with E-state index >= 15 is 0 Å². The molecule has 2 heteroatoms. The van der Waals surface area contributed by atoms with Crippen LogP contribution >= 0.6 is 0 Å². The van der Waals surface area contributed by atoms with Crippen molar-refractivity contribution in [3.63, 3.8) is 0 Å². The van der Waals surface area contributed by atoms with Gasteiger partial charge in [0.15, 0.2) is 0 Å². The molecule has 10 atom stereocenters. The smallest absolute Gasteiger partial charge is 0.0648 e. The molecule has 4 fully saturated rings. The summed E-state index contributed by atoms with van der Waals surface area (Å²) >= 11 is 0. The van der Waals surface area contributed by atoms with Crippen LogP contribution in [0.5, 0.6) is 0 Å². The van der Waals surface area contributed by atoms with E-state index in [-0.39, 0.29) is 6.10 Å². The SMILES string of the molecule is C/C=C/C[C@H](O)[C@@H](C)[C@H]1CCC2[C@@H]3CCC4C[C@](O)(CC)CC[C@]4(C)C3CC[C@@]21C. The minimum Gasteiger partial charge on any atom is -0.393 e. The van der Waals surface area contributed by atoms with Gasteiger partial charge in [0.1, 0.15) is 0 Å². The maximum absolute atomic E-state index is 11.0. The van der Waals surface area contributed by atoms with E-state index in [4.69, 9.17) is 0 Å². The van der Waals surface area contributed by atoms with Gasteiger partial charge in [0.25, 0.3) is 0 Å². The van der Waals surface area contributed by atoms with Crippen molar-refractivity contribution in [1.82, 2.24) is 0 Å². The molecule has 4 aliphatic carbocycles. The molecule has 4 rings (SSSR count). The van der Waals surface area contributed by atoms with Gasteiger partial charge in [-0.2, -0.15) is 0 Å². The molecule has 172 valence electrons. The van der Waals surface area contributed by atoms with Crippen LogP contribution in [0.25, 0.3) is 0 Å². The maximum atomic E-state index is 11.0. The first kappa shape index (κ1) is 22.8. The summed E-state index contributed by atoms with van der Waals surface area (Å²) in [5.74, 6) is 4.38. The zero-order chi connectivity index (χ0) is 21.7. The molecule has 4 aliphatic rings. The van der Waals surface area contributed by atoms with Crippen LogP contribution in [0.15, 0.2) is 12.2 Å². The minimum absolute atomic E-state index is 0.196. The lowest BCUT2D eigenvalue weighted by Gasteiger charge is -2.62. The number of hydrogen-bond acceptors (Lipinski definition) is 2. The van der Waals surface area contributed by atoms with E-state index in [0.717, 1.165) is 49.4 Å². The predicted octanol–water partition coefficient (Wildman–Crippen LogP) is 6.75. The van der Waals surface area contributed by atoms with E-state index in [0.29, 0.717) is 22.7 Å². The Balaban J connectivity index is 1.51. The number of allylic oxidation sites excluding steroid dienone is 1. The van der Waals surface area contributed by atoms with Gasteiger partial charge in [-0.15, -0.1) is 0 Å². The van der Waals surface area contributed by atoms with Gasteiger partial charge in [-0.3, -0.25) is 0 Å². The molecule has 0 aliphatic heterocycles. The Morgan fingerprint density at radius 2 is 1.70 bits per heavy atom. The van der Waals surface area contributed by atoms with Crippen molar-refractivity contribution in [3.8, 4) is 0 Å². The van der Waals surface area contributed by atoms with Gasteiger partial charge < -0.3 is 10.2 Å². The van der Waals surface area contributed by atoms with Gasteiger partial charge in [0, 0.05) is 0 Å². The second-order valence-corrected chi connectivity index (χ2v) is 12.4. The Kier molecular flexibility index (Phi) is 6.26. The van der Waals surface area contributed by atoms with Crippen LogP contribution < -0.4 is 0 Å². The van der Waals surface area contributed by atoms with E-state index in [9.17, 15) is 10.2 Å². The summed E-state index contributed by atoms with van der Waals surface area (Å²) in [6, 6.07) is 0. The van der Waals surface area contributed by atoms with Crippen molar-refractivity contribution >= 4 is 0 Å². The van der Waals surface area contributed by atoms with Crippen LogP contribution in [0.4, 0.5) is 0 Å². The highest BCUT2D eigenvalue weighted by Gasteiger charge is 2.61. The molecule has 0 aromatic heterocycles. The lowest BCUT2D eigenvalue weighted by Crippen LogP contribution is -2.56. The van der Waals surface area contributed by atoms with E-state index in [2.05, 4.69) is 46.8 Å². The van der Waals surface area contributed by atoms with E-state index in [1.807, 2.05) is 0 Å². The van der Waals surface area contributed by atoms with Crippen LogP contribution in [-0.2, 0) is 0 Å². The van der Waals surface area contributed by atoms with E-state index < -0.39 is 5.60 Å². The Hall–Kier alpha value is -0.340. The third-order valence-corrected chi connectivity index (χ3v) is 11.4. The third kappa shape index (κ3) is 3.53. The van der Waals surface area contributed by atoms with Crippen molar-refractivity contribution in [2.24, 2.45) is 46.3 Å². The Bertz CT molecular complexity index is 643. The predicted molar refractivity (Wildman–Crippen MR) is 125 cm³/mol. The van der Waals surface area contributed by atoms with Crippen LogP contribution in [0.2, 0.25) is 0 Å². The van der Waals surface area contributed by atoms with Crippen LogP contribution in [0.3, 0.4) is 0 Å². The van der Waals surface area contributed by atoms with Gasteiger partial charge in [-0.1, -0.05) is 39.8 Å². The number of hydrogen-bond donors (Lipinski definition) is 2. The summed E-state index contributed by atoms with van der Waals surface area (Å²) in [4.78, 5) is 0. The molecule has 0 amide bonds. The maximum Gasteiger partial charge on any atom is 0.0648 e. The largest absolute Gasteiger partial charge is 0.393 e. The Morgan fingerprint density at radius 3 is 2.40 bits per heavy atom. The molecule has 30 heavy (non-hydrogen) atoms. The standard InChI is InChI=1S/C28H48O2/c1-6-8-9-25(29)19(3)22-12-13-23-21-11-10-20-18-28(30,7-2)17-16-26(20,4)24(21)14-15-27(22,23)5/h6,8,19-25,29-30H,7,9-18H2,1-5H3/b8-6+/t19-,20?,21-,22+,23?,24?,25-,26-,27+,28-/m0/s1. The highest BCUT2D eigenvalue weighted by molar-refractivity contribution is 5.11. The summed E-state index contributed by atoms with van der Waals surface area (Å²) in [5.41, 5.74) is 0.470. The van der Waals surface area contributed by atoms with Crippen molar-refractivity contribution in [3.05, 3.63) is 12.2 Å². The van der Waals surface area contributed by atoms with Crippen molar-refractivity contribution in [1.29, 1.82) is 0 Å². The number of aliphatic hydroxyl groups is 2. The molecule has 4 saturated carbocycles. The lowest BCUT2D eigenvalue weighted by atomic mass is 9.43. The number of rotatable bonds is 5. The highest BCUT2D eigenvalue weighted by atomic mass is 16.3. The van der Waals surface area contributed by atoms with Gasteiger partial charge in [-0.05, 0) is 124 Å². The average Bonchev–Trinajstić information content (AvgIpc) is 3.09. The average molecular weight is 417 g/mol. The molecule has 0 heterocycles. The normalized spacial score (nSPS) is 50.6. The monoisotopic (exact) mass is 416 g/mol. The number of fused-ring (bicyclic) bond motifs is 5. The van der Waals surface area contributed by atoms with Gasteiger partial charge >= 0.3 is 0 Å². The first-order valence-corrected chi connectivity index (χ1v) is 13.2. The highest BCUT2D eigenvalue weighted by Crippen LogP contribution is 2.69. The quantitative estimate of drug-likeness (QED) is 0.487. The van der Waals surface area contributed by atoms with Gasteiger partial charge in [0.2, 0.25) is 0 Å². The molecule has 0 spiro atoms. The molecule has 0 bridgehead atoms. The van der Waals surface area contributed by atoms with E-state index in [1.54, 1.807) is 0 Å². The molecule has 2 N–H and O–H groups in total. The van der Waals surface area contributed by atoms with Crippen molar-refractivity contribution in [2.45, 2.75) is 117 Å². The summed E-state index contributed by atoms with van der Waals surface area (Å²) in [6.45, 7) is 11.7. The van der Waals surface area contributed by atoms with Crippen molar-refractivity contribution in [2.75, 3.05) is 0 Å². The zero-order valence-electron chi connectivity index (χ0n) is 20.4. The summed E-state index contributed by atoms with van der Waals surface area (Å²) in [5, 5.41) is 21.8. The molecular weight excluding hydrogens is 368 g/mol. The lowest BCUT2D eigenvalue weighted by molar-refractivity contribution is -0.154. The first-order valence-electron chi connectivity index (χ1n) is 13.2.